The van der Waals surface area contributed by atoms with Crippen molar-refractivity contribution in [3.63, 3.8) is 0 Å². The van der Waals surface area contributed by atoms with Crippen molar-refractivity contribution < 1.29 is 14.7 Å². The molecule has 2 unspecified atom stereocenters. The van der Waals surface area contributed by atoms with Gasteiger partial charge in [-0.05, 0) is 24.9 Å². The third-order valence-electron chi connectivity index (χ3n) is 2.68. The van der Waals surface area contributed by atoms with E-state index in [-0.39, 0.29) is 17.9 Å². The highest BCUT2D eigenvalue weighted by atomic mass is 32.2. The maximum Gasteiger partial charge on any atom is 0.326 e. The first kappa shape index (κ1) is 14.1. The van der Waals surface area contributed by atoms with Gasteiger partial charge in [0, 0.05) is 6.04 Å². The van der Waals surface area contributed by atoms with E-state index in [1.807, 2.05) is 6.26 Å². The summed E-state index contributed by atoms with van der Waals surface area (Å²) in [6.07, 6.45) is 6.42. The molecule has 3 atom stereocenters. The number of nitrogens with two attached hydrogens (primary N) is 1. The highest BCUT2D eigenvalue weighted by Crippen LogP contribution is 2.16. The maximum absolute atomic E-state index is 11.8. The lowest BCUT2D eigenvalue weighted by Crippen LogP contribution is -2.43. The molecule has 1 amide bonds. The van der Waals surface area contributed by atoms with Gasteiger partial charge in [0.25, 0.3) is 0 Å². The van der Waals surface area contributed by atoms with Crippen LogP contribution in [-0.4, -0.2) is 41.1 Å². The molecule has 5 nitrogen and oxygen atoms in total. The summed E-state index contributed by atoms with van der Waals surface area (Å²) in [6, 6.07) is -0.902. The maximum atomic E-state index is 11.8. The summed E-state index contributed by atoms with van der Waals surface area (Å²) in [5.41, 5.74) is 5.65. The van der Waals surface area contributed by atoms with Gasteiger partial charge in [-0.3, -0.25) is 4.79 Å². The zero-order chi connectivity index (χ0) is 12.8. The molecule has 0 fully saturated rings. The fourth-order valence-corrected chi connectivity index (χ4v) is 2.16. The molecule has 0 spiro atoms. The zero-order valence-corrected chi connectivity index (χ0v) is 10.6. The first-order chi connectivity index (χ1) is 8.04. The molecule has 0 radical (unpaired) electrons. The molecule has 96 valence electrons. The van der Waals surface area contributed by atoms with Gasteiger partial charge in [0.2, 0.25) is 5.91 Å². The Kier molecular flexibility index (Phi) is 5.50. The molecule has 0 heterocycles. The van der Waals surface area contributed by atoms with Crippen LogP contribution in [0.5, 0.6) is 0 Å². The Morgan fingerprint density at radius 1 is 1.59 bits per heavy atom. The highest BCUT2D eigenvalue weighted by Gasteiger charge is 2.26. The standard InChI is InChI=1S/C11H18N2O3S/c1-17-5-4-9(11(15)16)13-10(14)7-2-3-8(12)6-7/h2-3,7-9H,4-6,12H2,1H3,(H,13,14)(H,15,16)/t7?,8?,9-/m1/s1. The number of amides is 1. The monoisotopic (exact) mass is 258 g/mol. The Morgan fingerprint density at radius 3 is 2.76 bits per heavy atom. The van der Waals surface area contributed by atoms with Crippen molar-refractivity contribution in [3.05, 3.63) is 12.2 Å². The van der Waals surface area contributed by atoms with Gasteiger partial charge in [-0.1, -0.05) is 12.2 Å². The SMILES string of the molecule is CSCC[C@@H](NC(=O)C1C=CC(N)C1)C(=O)O. The van der Waals surface area contributed by atoms with Crippen molar-refractivity contribution in [1.82, 2.24) is 5.32 Å². The average Bonchev–Trinajstić information content (AvgIpc) is 2.70. The van der Waals surface area contributed by atoms with Crippen LogP contribution in [0.1, 0.15) is 12.8 Å². The number of carboxylic acid groups (broad SMARTS) is 1. The Balaban J connectivity index is 2.46. The Morgan fingerprint density at radius 2 is 2.29 bits per heavy atom. The normalized spacial score (nSPS) is 24.6. The molecule has 1 aliphatic carbocycles. The van der Waals surface area contributed by atoms with Crippen LogP contribution in [-0.2, 0) is 9.59 Å². The lowest BCUT2D eigenvalue weighted by Gasteiger charge is -2.16. The van der Waals surface area contributed by atoms with Crippen LogP contribution < -0.4 is 11.1 Å². The number of carbonyl (C=O) groups excluding carboxylic acids is 1. The second-order valence-corrected chi connectivity index (χ2v) is 5.06. The number of carbonyl (C=O) groups is 2. The van der Waals surface area contributed by atoms with E-state index in [1.165, 1.54) is 0 Å². The van der Waals surface area contributed by atoms with Crippen LogP contribution in [0.25, 0.3) is 0 Å². The molecule has 0 saturated carbocycles. The summed E-state index contributed by atoms with van der Waals surface area (Å²) < 4.78 is 0. The van der Waals surface area contributed by atoms with Gasteiger partial charge in [0.15, 0.2) is 0 Å². The first-order valence-electron chi connectivity index (χ1n) is 5.50. The van der Waals surface area contributed by atoms with Crippen molar-refractivity contribution >= 4 is 23.6 Å². The first-order valence-corrected chi connectivity index (χ1v) is 6.90. The van der Waals surface area contributed by atoms with E-state index in [1.54, 1.807) is 23.9 Å². The van der Waals surface area contributed by atoms with E-state index >= 15 is 0 Å². The second-order valence-electron chi connectivity index (χ2n) is 4.07. The van der Waals surface area contributed by atoms with E-state index in [0.717, 1.165) is 0 Å². The smallest absolute Gasteiger partial charge is 0.326 e. The van der Waals surface area contributed by atoms with E-state index in [0.29, 0.717) is 18.6 Å². The minimum absolute atomic E-state index is 0.0970. The molecular weight excluding hydrogens is 240 g/mol. The lowest BCUT2D eigenvalue weighted by atomic mass is 10.1. The fourth-order valence-electron chi connectivity index (χ4n) is 1.69. The van der Waals surface area contributed by atoms with Crippen molar-refractivity contribution in [1.29, 1.82) is 0 Å². The van der Waals surface area contributed by atoms with E-state index in [9.17, 15) is 9.59 Å². The Bertz CT molecular complexity index is 320. The van der Waals surface area contributed by atoms with Crippen LogP contribution in [0.3, 0.4) is 0 Å². The number of aliphatic carboxylic acids is 1. The number of thioether (sulfide) groups is 1. The van der Waals surface area contributed by atoms with Crippen molar-refractivity contribution in [2.75, 3.05) is 12.0 Å². The second kappa shape index (κ2) is 6.66. The number of hydrogen-bond donors (Lipinski definition) is 3. The Hall–Kier alpha value is -1.01. The summed E-state index contributed by atoms with van der Waals surface area (Å²) in [6.45, 7) is 0. The highest BCUT2D eigenvalue weighted by molar-refractivity contribution is 7.98. The third-order valence-corrected chi connectivity index (χ3v) is 3.32. The lowest BCUT2D eigenvalue weighted by molar-refractivity contribution is -0.142. The predicted octanol–water partition coefficient (Wildman–Crippen LogP) is 0.212. The zero-order valence-electron chi connectivity index (χ0n) is 9.76. The Labute approximate surface area is 105 Å². The van der Waals surface area contributed by atoms with Crippen LogP contribution >= 0.6 is 11.8 Å². The fraction of sp³-hybridized carbons (Fsp3) is 0.636. The van der Waals surface area contributed by atoms with Gasteiger partial charge in [0.05, 0.1) is 5.92 Å². The van der Waals surface area contributed by atoms with Gasteiger partial charge >= 0.3 is 5.97 Å². The van der Waals surface area contributed by atoms with E-state index < -0.39 is 12.0 Å². The quantitative estimate of drug-likeness (QED) is 0.592. The summed E-state index contributed by atoms with van der Waals surface area (Å²) >= 11 is 1.56. The summed E-state index contributed by atoms with van der Waals surface area (Å²) in [7, 11) is 0. The van der Waals surface area contributed by atoms with Crippen LogP contribution in [0, 0.1) is 5.92 Å². The molecular formula is C11H18N2O3S. The summed E-state index contributed by atoms with van der Waals surface area (Å²) in [5.74, 6) is -0.820. The summed E-state index contributed by atoms with van der Waals surface area (Å²) in [5, 5.41) is 11.5. The van der Waals surface area contributed by atoms with Gasteiger partial charge in [-0.25, -0.2) is 4.79 Å². The molecule has 1 aliphatic rings. The average molecular weight is 258 g/mol. The molecule has 4 N–H and O–H groups in total. The van der Waals surface area contributed by atoms with Crippen molar-refractivity contribution in [2.45, 2.75) is 24.9 Å². The van der Waals surface area contributed by atoms with E-state index in [2.05, 4.69) is 5.32 Å². The topological polar surface area (TPSA) is 92.4 Å². The third kappa shape index (κ3) is 4.40. The minimum Gasteiger partial charge on any atom is -0.480 e. The number of nitrogens with one attached hydrogen (secondary N) is 1. The minimum atomic E-state index is -0.987. The van der Waals surface area contributed by atoms with Crippen molar-refractivity contribution in [3.8, 4) is 0 Å². The number of carboxylic acids is 1. The number of hydrogen-bond acceptors (Lipinski definition) is 4. The molecule has 0 bridgehead atoms. The molecule has 6 heteroatoms. The molecule has 0 aromatic heterocycles. The van der Waals surface area contributed by atoms with Crippen molar-refractivity contribution in [2.24, 2.45) is 11.7 Å². The van der Waals surface area contributed by atoms with Crippen LogP contribution in [0.15, 0.2) is 12.2 Å². The molecule has 0 aromatic rings. The molecule has 0 saturated heterocycles. The van der Waals surface area contributed by atoms with Gasteiger partial charge in [-0.15, -0.1) is 0 Å². The molecule has 0 aromatic carbocycles. The van der Waals surface area contributed by atoms with Gasteiger partial charge in [0.1, 0.15) is 6.04 Å². The van der Waals surface area contributed by atoms with Gasteiger partial charge < -0.3 is 16.2 Å². The van der Waals surface area contributed by atoms with Crippen LogP contribution in [0.2, 0.25) is 0 Å². The van der Waals surface area contributed by atoms with Crippen LogP contribution in [0.4, 0.5) is 0 Å². The number of rotatable bonds is 6. The van der Waals surface area contributed by atoms with E-state index in [4.69, 9.17) is 10.8 Å². The van der Waals surface area contributed by atoms with Gasteiger partial charge in [-0.2, -0.15) is 11.8 Å². The molecule has 0 aliphatic heterocycles. The molecule has 1 rings (SSSR count). The predicted molar refractivity (Wildman–Crippen MR) is 67.8 cm³/mol. The largest absolute Gasteiger partial charge is 0.480 e. The summed E-state index contributed by atoms with van der Waals surface area (Å²) in [4.78, 5) is 22.7. The molecule has 17 heavy (non-hydrogen) atoms.